The van der Waals surface area contributed by atoms with Gasteiger partial charge in [0.05, 0.1) is 15.6 Å². The van der Waals surface area contributed by atoms with Gasteiger partial charge >= 0.3 is 5.97 Å². The summed E-state index contributed by atoms with van der Waals surface area (Å²) in [5.41, 5.74) is 1.81. The number of carbonyl (C=O) groups is 2. The Labute approximate surface area is 144 Å². The summed E-state index contributed by atoms with van der Waals surface area (Å²) in [5.74, 6) is -1.17. The van der Waals surface area contributed by atoms with E-state index in [4.69, 9.17) is 27.9 Å². The Hall–Kier alpha value is -2.04. The van der Waals surface area contributed by atoms with Crippen molar-refractivity contribution in [2.45, 2.75) is 13.3 Å². The Balaban J connectivity index is 1.95. The minimum atomic E-state index is -0.738. The summed E-state index contributed by atoms with van der Waals surface area (Å²) in [5, 5.41) is 3.03. The number of hydrogen-bond acceptors (Lipinski definition) is 3. The fraction of sp³-hybridized carbons (Fsp3) is 0.176. The molecule has 0 heterocycles. The van der Waals surface area contributed by atoms with Gasteiger partial charge in [0.25, 0.3) is 5.91 Å². The average molecular weight is 352 g/mol. The zero-order chi connectivity index (χ0) is 16.8. The zero-order valence-electron chi connectivity index (χ0n) is 12.4. The molecule has 0 spiro atoms. The normalized spacial score (nSPS) is 10.2. The van der Waals surface area contributed by atoms with Gasteiger partial charge in [-0.25, -0.2) is 4.79 Å². The molecule has 0 atom stereocenters. The van der Waals surface area contributed by atoms with Gasteiger partial charge in [0.1, 0.15) is 0 Å². The smallest absolute Gasteiger partial charge is 0.341 e. The molecule has 0 aliphatic heterocycles. The molecule has 0 aliphatic carbocycles. The van der Waals surface area contributed by atoms with Crippen molar-refractivity contribution in [3.8, 4) is 0 Å². The lowest BCUT2D eigenvalue weighted by Gasteiger charge is -2.09. The van der Waals surface area contributed by atoms with Crippen molar-refractivity contribution in [3.05, 3.63) is 63.6 Å². The zero-order valence-corrected chi connectivity index (χ0v) is 13.9. The van der Waals surface area contributed by atoms with Crippen molar-refractivity contribution >= 4 is 40.8 Å². The SMILES string of the molecule is CCc1cccc(NC(=O)COC(=O)c2c(Cl)cccc2Cl)c1. The maximum absolute atomic E-state index is 12.0. The molecule has 2 aromatic rings. The van der Waals surface area contributed by atoms with E-state index in [1.54, 1.807) is 12.1 Å². The molecule has 1 amide bonds. The predicted molar refractivity (Wildman–Crippen MR) is 91.2 cm³/mol. The third kappa shape index (κ3) is 4.71. The molecule has 0 aliphatic rings. The van der Waals surface area contributed by atoms with Crippen LogP contribution in [0.4, 0.5) is 5.69 Å². The molecule has 2 rings (SSSR count). The van der Waals surface area contributed by atoms with Crippen LogP contribution in [0, 0.1) is 0 Å². The Morgan fingerprint density at radius 2 is 1.74 bits per heavy atom. The third-order valence-corrected chi connectivity index (χ3v) is 3.75. The van der Waals surface area contributed by atoms with E-state index in [1.165, 1.54) is 12.1 Å². The van der Waals surface area contributed by atoms with Crippen LogP contribution in [0.5, 0.6) is 0 Å². The van der Waals surface area contributed by atoms with Crippen molar-refractivity contribution in [2.24, 2.45) is 0 Å². The molecule has 4 nitrogen and oxygen atoms in total. The average Bonchev–Trinajstić information content (AvgIpc) is 2.53. The molecule has 120 valence electrons. The number of carbonyl (C=O) groups excluding carboxylic acids is 2. The highest BCUT2D eigenvalue weighted by Gasteiger charge is 2.17. The van der Waals surface area contributed by atoms with Gasteiger partial charge in [-0.05, 0) is 36.2 Å². The van der Waals surface area contributed by atoms with E-state index in [0.29, 0.717) is 5.69 Å². The molecule has 0 fully saturated rings. The first kappa shape index (κ1) is 17.3. The van der Waals surface area contributed by atoms with Gasteiger partial charge < -0.3 is 10.1 Å². The minimum absolute atomic E-state index is 0.0524. The maximum Gasteiger partial charge on any atom is 0.341 e. The monoisotopic (exact) mass is 351 g/mol. The van der Waals surface area contributed by atoms with E-state index in [-0.39, 0.29) is 15.6 Å². The van der Waals surface area contributed by atoms with E-state index in [1.807, 2.05) is 25.1 Å². The molecule has 2 aromatic carbocycles. The molecule has 23 heavy (non-hydrogen) atoms. The number of halogens is 2. The largest absolute Gasteiger partial charge is 0.452 e. The van der Waals surface area contributed by atoms with Gasteiger partial charge in [0.15, 0.2) is 6.61 Å². The molecule has 0 aromatic heterocycles. The van der Waals surface area contributed by atoms with Crippen LogP contribution in [0.25, 0.3) is 0 Å². The fourth-order valence-electron chi connectivity index (χ4n) is 1.96. The highest BCUT2D eigenvalue weighted by molar-refractivity contribution is 6.39. The summed E-state index contributed by atoms with van der Waals surface area (Å²) in [7, 11) is 0. The second-order valence-corrected chi connectivity index (χ2v) is 5.59. The molecule has 0 saturated carbocycles. The highest BCUT2D eigenvalue weighted by atomic mass is 35.5. The van der Waals surface area contributed by atoms with Crippen LogP contribution in [0.3, 0.4) is 0 Å². The van der Waals surface area contributed by atoms with Crippen LogP contribution >= 0.6 is 23.2 Å². The van der Waals surface area contributed by atoms with Gasteiger partial charge in [0, 0.05) is 5.69 Å². The summed E-state index contributed by atoms with van der Waals surface area (Å²) >= 11 is 11.8. The number of amides is 1. The van der Waals surface area contributed by atoms with E-state index < -0.39 is 18.5 Å². The maximum atomic E-state index is 12.0. The third-order valence-electron chi connectivity index (χ3n) is 3.12. The lowest BCUT2D eigenvalue weighted by Crippen LogP contribution is -2.21. The van der Waals surface area contributed by atoms with Crippen molar-refractivity contribution < 1.29 is 14.3 Å². The van der Waals surface area contributed by atoms with Gasteiger partial charge in [-0.1, -0.05) is 48.3 Å². The van der Waals surface area contributed by atoms with Crippen LogP contribution in [0.2, 0.25) is 10.0 Å². The van der Waals surface area contributed by atoms with Gasteiger partial charge in [-0.3, -0.25) is 4.79 Å². The second-order valence-electron chi connectivity index (χ2n) is 4.77. The summed E-state index contributed by atoms with van der Waals surface area (Å²) in [6, 6.07) is 12.1. The van der Waals surface area contributed by atoms with Crippen molar-refractivity contribution in [1.29, 1.82) is 0 Å². The standard InChI is InChI=1S/C17H15Cl2NO3/c1-2-11-5-3-6-12(9-11)20-15(21)10-23-17(22)16-13(18)7-4-8-14(16)19/h3-9H,2,10H2,1H3,(H,20,21). The Bertz CT molecular complexity index is 711. The number of anilines is 1. The van der Waals surface area contributed by atoms with Crippen LogP contribution in [-0.2, 0) is 16.0 Å². The number of ether oxygens (including phenoxy) is 1. The molecule has 0 radical (unpaired) electrons. The van der Waals surface area contributed by atoms with Crippen LogP contribution in [0.15, 0.2) is 42.5 Å². The molecule has 0 saturated heterocycles. The first-order valence-electron chi connectivity index (χ1n) is 7.01. The lowest BCUT2D eigenvalue weighted by atomic mass is 10.1. The first-order chi connectivity index (χ1) is 11.0. The summed E-state index contributed by atoms with van der Waals surface area (Å²) < 4.78 is 4.96. The fourth-order valence-corrected chi connectivity index (χ4v) is 2.51. The molecule has 6 heteroatoms. The number of nitrogens with one attached hydrogen (secondary N) is 1. The molecular formula is C17H15Cl2NO3. The number of hydrogen-bond donors (Lipinski definition) is 1. The summed E-state index contributed by atoms with van der Waals surface area (Å²) in [6.07, 6.45) is 0.865. The number of benzene rings is 2. The minimum Gasteiger partial charge on any atom is -0.452 e. The predicted octanol–water partition coefficient (Wildman–Crippen LogP) is 4.35. The van der Waals surface area contributed by atoms with Crippen LogP contribution in [-0.4, -0.2) is 18.5 Å². The van der Waals surface area contributed by atoms with Gasteiger partial charge in [-0.2, -0.15) is 0 Å². The molecule has 0 unspecified atom stereocenters. The quantitative estimate of drug-likeness (QED) is 0.814. The Morgan fingerprint density at radius 3 is 2.39 bits per heavy atom. The molecule has 1 N–H and O–H groups in total. The van der Waals surface area contributed by atoms with Gasteiger partial charge in [0.2, 0.25) is 0 Å². The van der Waals surface area contributed by atoms with E-state index >= 15 is 0 Å². The summed E-state index contributed by atoms with van der Waals surface area (Å²) in [6.45, 7) is 1.60. The molecular weight excluding hydrogens is 337 g/mol. The van der Waals surface area contributed by atoms with E-state index in [9.17, 15) is 9.59 Å². The van der Waals surface area contributed by atoms with Gasteiger partial charge in [-0.15, -0.1) is 0 Å². The lowest BCUT2D eigenvalue weighted by molar-refractivity contribution is -0.119. The number of esters is 1. The number of rotatable bonds is 5. The topological polar surface area (TPSA) is 55.4 Å². The van der Waals surface area contributed by atoms with Crippen molar-refractivity contribution in [3.63, 3.8) is 0 Å². The number of aryl methyl sites for hydroxylation is 1. The second kappa shape index (κ2) is 7.99. The van der Waals surface area contributed by atoms with Crippen LogP contribution < -0.4 is 5.32 Å². The highest BCUT2D eigenvalue weighted by Crippen LogP contribution is 2.24. The Kier molecular flexibility index (Phi) is 6.02. The Morgan fingerprint density at radius 1 is 1.09 bits per heavy atom. The van der Waals surface area contributed by atoms with Crippen molar-refractivity contribution in [2.75, 3.05) is 11.9 Å². The van der Waals surface area contributed by atoms with Crippen LogP contribution in [0.1, 0.15) is 22.8 Å². The molecule has 0 bridgehead atoms. The van der Waals surface area contributed by atoms with Crippen molar-refractivity contribution in [1.82, 2.24) is 0 Å². The van der Waals surface area contributed by atoms with E-state index in [2.05, 4.69) is 5.32 Å². The van der Waals surface area contributed by atoms with E-state index in [0.717, 1.165) is 12.0 Å². The summed E-state index contributed by atoms with van der Waals surface area (Å²) in [4.78, 5) is 23.8. The first-order valence-corrected chi connectivity index (χ1v) is 7.76.